The molecule has 0 aliphatic rings. The molecule has 0 unspecified atom stereocenters. The van der Waals surface area contributed by atoms with Crippen molar-refractivity contribution in [1.82, 2.24) is 0 Å². The van der Waals surface area contributed by atoms with Crippen molar-refractivity contribution in [1.29, 1.82) is 0 Å². The molecule has 36 heavy (non-hydrogen) atoms. The molecule has 0 N–H and O–H groups in total. The van der Waals surface area contributed by atoms with Gasteiger partial charge < -0.3 is 4.74 Å². The second-order valence-corrected chi connectivity index (χ2v) is 10.9. The van der Waals surface area contributed by atoms with E-state index in [0.29, 0.717) is 6.61 Å². The summed E-state index contributed by atoms with van der Waals surface area (Å²) in [6, 6.07) is 27.5. The molecule has 5 rings (SSSR count). The largest absolute Gasteiger partial charge is 0.463 e. The van der Waals surface area contributed by atoms with Gasteiger partial charge in [-0.1, -0.05) is 88.0 Å². The van der Waals surface area contributed by atoms with Gasteiger partial charge in [-0.25, -0.2) is 4.79 Å². The van der Waals surface area contributed by atoms with Gasteiger partial charge in [-0.15, -0.1) is 0 Å². The van der Waals surface area contributed by atoms with Gasteiger partial charge in [0.2, 0.25) is 0 Å². The third-order valence-electron chi connectivity index (χ3n) is 7.21. The van der Waals surface area contributed by atoms with Crippen molar-refractivity contribution in [3.8, 4) is 11.1 Å². The van der Waals surface area contributed by atoms with Crippen LogP contribution in [0.5, 0.6) is 0 Å². The van der Waals surface area contributed by atoms with Gasteiger partial charge in [0, 0.05) is 6.08 Å². The number of hydrogen-bond donors (Lipinski definition) is 0. The minimum absolute atomic E-state index is 0.129. The van der Waals surface area contributed by atoms with E-state index >= 15 is 0 Å². The molecule has 0 heterocycles. The summed E-state index contributed by atoms with van der Waals surface area (Å²) >= 11 is 0. The molecular formula is C34H34O2. The van der Waals surface area contributed by atoms with E-state index in [2.05, 4.69) is 100 Å². The smallest absolute Gasteiger partial charge is 0.330 e. The Bertz CT molecular complexity index is 1470. The van der Waals surface area contributed by atoms with Crippen LogP contribution in [0.3, 0.4) is 0 Å². The molecule has 0 aliphatic carbocycles. The van der Waals surface area contributed by atoms with Crippen LogP contribution in [0.4, 0.5) is 0 Å². The summed E-state index contributed by atoms with van der Waals surface area (Å²) in [6.45, 7) is 10.7. The molecule has 0 saturated carbocycles. The number of hydrogen-bond acceptors (Lipinski definition) is 2. The van der Waals surface area contributed by atoms with Gasteiger partial charge in [-0.05, 0) is 97.8 Å². The summed E-state index contributed by atoms with van der Waals surface area (Å²) in [6.07, 6.45) is 5.26. The molecular weight excluding hydrogens is 440 g/mol. The Hall–Kier alpha value is -3.65. The number of unbranched alkanes of at least 4 members (excludes halogenated alkanes) is 2. The Morgan fingerprint density at radius 1 is 0.750 bits per heavy atom. The first-order chi connectivity index (χ1) is 17.3. The van der Waals surface area contributed by atoms with Crippen LogP contribution in [0.15, 0.2) is 85.5 Å². The molecule has 0 aliphatic heterocycles. The highest BCUT2D eigenvalue weighted by atomic mass is 16.5. The van der Waals surface area contributed by atoms with E-state index in [1.54, 1.807) is 0 Å². The fourth-order valence-corrected chi connectivity index (χ4v) is 5.14. The lowest BCUT2D eigenvalue weighted by Crippen LogP contribution is -2.10. The van der Waals surface area contributed by atoms with Crippen molar-refractivity contribution in [3.63, 3.8) is 0 Å². The molecule has 0 aromatic heterocycles. The van der Waals surface area contributed by atoms with E-state index in [9.17, 15) is 4.79 Å². The van der Waals surface area contributed by atoms with Crippen LogP contribution in [0, 0.1) is 0 Å². The maximum absolute atomic E-state index is 11.1. The molecule has 0 bridgehead atoms. The van der Waals surface area contributed by atoms with Gasteiger partial charge in [-0.3, -0.25) is 0 Å². The summed E-state index contributed by atoms with van der Waals surface area (Å²) in [5.74, 6) is -0.341. The highest BCUT2D eigenvalue weighted by molar-refractivity contribution is 6.23. The molecule has 0 fully saturated rings. The average molecular weight is 475 g/mol. The normalized spacial score (nSPS) is 12.0. The lowest BCUT2D eigenvalue weighted by atomic mass is 9.83. The number of aryl methyl sites for hydroxylation is 1. The van der Waals surface area contributed by atoms with Crippen LogP contribution in [-0.4, -0.2) is 12.6 Å². The number of esters is 1. The molecule has 182 valence electrons. The van der Waals surface area contributed by atoms with E-state index in [1.165, 1.54) is 60.6 Å². The van der Waals surface area contributed by atoms with E-state index in [-0.39, 0.29) is 11.4 Å². The number of benzene rings is 5. The zero-order valence-corrected chi connectivity index (χ0v) is 21.6. The van der Waals surface area contributed by atoms with E-state index in [4.69, 9.17) is 4.74 Å². The fourth-order valence-electron chi connectivity index (χ4n) is 5.14. The molecule has 5 aromatic carbocycles. The predicted molar refractivity (Wildman–Crippen MR) is 153 cm³/mol. The minimum Gasteiger partial charge on any atom is -0.463 e. The fraction of sp³-hybridized carbons (Fsp3) is 0.265. The highest BCUT2D eigenvalue weighted by Gasteiger charge is 2.17. The SMILES string of the molecule is C=CC(=O)OCCCCCc1ccc(-c2cc3ccc4cc(C(C)(C)C)cc5ccc(c2)c3c45)cc1. The quantitative estimate of drug-likeness (QED) is 0.0970. The molecule has 0 atom stereocenters. The molecule has 2 nitrogen and oxygen atoms in total. The molecule has 0 amide bonds. The van der Waals surface area contributed by atoms with Crippen molar-refractivity contribution in [3.05, 3.63) is 96.6 Å². The van der Waals surface area contributed by atoms with Crippen LogP contribution in [0.2, 0.25) is 0 Å². The van der Waals surface area contributed by atoms with Crippen LogP contribution >= 0.6 is 0 Å². The van der Waals surface area contributed by atoms with Crippen molar-refractivity contribution >= 4 is 38.3 Å². The highest BCUT2D eigenvalue weighted by Crippen LogP contribution is 2.39. The first-order valence-electron chi connectivity index (χ1n) is 12.9. The van der Waals surface area contributed by atoms with Crippen LogP contribution in [0.25, 0.3) is 43.4 Å². The van der Waals surface area contributed by atoms with Crippen molar-refractivity contribution in [2.24, 2.45) is 0 Å². The lowest BCUT2D eigenvalue weighted by Gasteiger charge is -2.21. The zero-order valence-electron chi connectivity index (χ0n) is 21.6. The molecule has 2 heteroatoms. The Morgan fingerprint density at radius 3 is 1.83 bits per heavy atom. The van der Waals surface area contributed by atoms with Gasteiger partial charge in [0.1, 0.15) is 0 Å². The number of ether oxygens (including phenoxy) is 1. The Kier molecular flexibility index (Phi) is 6.53. The summed E-state index contributed by atoms with van der Waals surface area (Å²) < 4.78 is 5.04. The van der Waals surface area contributed by atoms with Crippen LogP contribution in [0.1, 0.15) is 51.2 Å². The first kappa shape index (κ1) is 24.1. The average Bonchev–Trinajstić information content (AvgIpc) is 2.88. The van der Waals surface area contributed by atoms with Gasteiger partial charge in [0.25, 0.3) is 0 Å². The first-order valence-corrected chi connectivity index (χ1v) is 12.9. The van der Waals surface area contributed by atoms with Crippen LogP contribution < -0.4 is 0 Å². The van der Waals surface area contributed by atoms with Crippen LogP contribution in [-0.2, 0) is 21.4 Å². The van der Waals surface area contributed by atoms with Gasteiger partial charge in [0.15, 0.2) is 0 Å². The van der Waals surface area contributed by atoms with E-state index in [1.807, 2.05) is 0 Å². The van der Waals surface area contributed by atoms with Crippen molar-refractivity contribution in [2.45, 2.75) is 51.9 Å². The third kappa shape index (κ3) is 4.86. The standard InChI is InChI=1S/C34H34O2/c1-5-31(35)36-18-8-6-7-9-23-10-12-24(13-11-23)29-19-25-14-16-27-21-30(34(2,3)4)22-28-17-15-26(20-29)32(25)33(27)28/h5,10-17,19-22H,1,6-9,18H2,2-4H3. The lowest BCUT2D eigenvalue weighted by molar-refractivity contribution is -0.137. The van der Waals surface area contributed by atoms with Crippen molar-refractivity contribution < 1.29 is 9.53 Å². The summed E-state index contributed by atoms with van der Waals surface area (Å²) in [5, 5.41) is 7.98. The molecule has 5 aromatic rings. The van der Waals surface area contributed by atoms with Gasteiger partial charge in [0.05, 0.1) is 6.61 Å². The minimum atomic E-state index is -0.341. The zero-order chi connectivity index (χ0) is 25.3. The van der Waals surface area contributed by atoms with Gasteiger partial charge in [-0.2, -0.15) is 0 Å². The van der Waals surface area contributed by atoms with Crippen molar-refractivity contribution in [2.75, 3.05) is 6.61 Å². The molecule has 0 radical (unpaired) electrons. The summed E-state index contributed by atoms with van der Waals surface area (Å²) in [7, 11) is 0. The Labute approximate surface area is 213 Å². The predicted octanol–water partition coefficient (Wildman–Crippen LogP) is 8.99. The maximum Gasteiger partial charge on any atom is 0.330 e. The second kappa shape index (κ2) is 9.78. The Morgan fingerprint density at radius 2 is 1.31 bits per heavy atom. The summed E-state index contributed by atoms with van der Waals surface area (Å²) in [5.41, 5.74) is 5.35. The van der Waals surface area contributed by atoms with E-state index in [0.717, 1.165) is 25.7 Å². The Balaban J connectivity index is 1.35. The number of carbonyl (C=O) groups is 1. The summed E-state index contributed by atoms with van der Waals surface area (Å²) in [4.78, 5) is 11.1. The van der Waals surface area contributed by atoms with Gasteiger partial charge >= 0.3 is 5.97 Å². The second-order valence-electron chi connectivity index (χ2n) is 10.9. The molecule has 0 saturated heterocycles. The third-order valence-corrected chi connectivity index (χ3v) is 7.21. The topological polar surface area (TPSA) is 26.3 Å². The number of rotatable bonds is 8. The molecule has 0 spiro atoms. The number of carbonyl (C=O) groups excluding carboxylic acids is 1. The van der Waals surface area contributed by atoms with E-state index < -0.39 is 0 Å². The monoisotopic (exact) mass is 474 g/mol. The maximum atomic E-state index is 11.1.